The molecule has 146 valence electrons. The Morgan fingerprint density at radius 1 is 1.29 bits per heavy atom. The SMILES string of the molecule is CN1CCC(CNC(=O)c2cnn3c(O)cc(-c4ccc(F)cc4)nc23)CC1. The van der Waals surface area contributed by atoms with E-state index < -0.39 is 0 Å². The molecule has 0 spiro atoms. The number of likely N-dealkylation sites (tertiary alicyclic amines) is 1. The van der Waals surface area contributed by atoms with Crippen LogP contribution in [0.15, 0.2) is 36.5 Å². The zero-order valence-corrected chi connectivity index (χ0v) is 15.6. The van der Waals surface area contributed by atoms with Crippen LogP contribution in [0.4, 0.5) is 4.39 Å². The maximum atomic E-state index is 13.2. The lowest BCUT2D eigenvalue weighted by Crippen LogP contribution is -2.36. The van der Waals surface area contributed by atoms with E-state index in [9.17, 15) is 14.3 Å². The molecule has 0 aliphatic carbocycles. The van der Waals surface area contributed by atoms with Gasteiger partial charge in [-0.05, 0) is 63.2 Å². The summed E-state index contributed by atoms with van der Waals surface area (Å²) in [5.74, 6) is -0.304. The average molecular weight is 383 g/mol. The number of benzene rings is 1. The third-order valence-electron chi connectivity index (χ3n) is 5.23. The lowest BCUT2D eigenvalue weighted by Gasteiger charge is -2.28. The minimum atomic E-state index is -0.354. The van der Waals surface area contributed by atoms with Crippen LogP contribution in [-0.4, -0.2) is 57.2 Å². The lowest BCUT2D eigenvalue weighted by atomic mass is 9.97. The summed E-state index contributed by atoms with van der Waals surface area (Å²) in [6.07, 6.45) is 3.51. The van der Waals surface area contributed by atoms with Crippen molar-refractivity contribution in [1.82, 2.24) is 24.8 Å². The van der Waals surface area contributed by atoms with E-state index in [2.05, 4.69) is 27.3 Å². The van der Waals surface area contributed by atoms with Gasteiger partial charge >= 0.3 is 0 Å². The molecule has 0 radical (unpaired) electrons. The molecule has 1 aliphatic heterocycles. The van der Waals surface area contributed by atoms with Gasteiger partial charge in [0.15, 0.2) is 5.65 Å². The number of nitrogens with one attached hydrogen (secondary N) is 1. The summed E-state index contributed by atoms with van der Waals surface area (Å²) in [5, 5.41) is 17.3. The van der Waals surface area contributed by atoms with Crippen LogP contribution in [0.25, 0.3) is 16.9 Å². The Morgan fingerprint density at radius 3 is 2.71 bits per heavy atom. The van der Waals surface area contributed by atoms with E-state index in [1.54, 1.807) is 12.1 Å². The number of hydrogen-bond acceptors (Lipinski definition) is 5. The molecule has 2 N–H and O–H groups in total. The summed E-state index contributed by atoms with van der Waals surface area (Å²) in [4.78, 5) is 19.4. The fourth-order valence-electron chi connectivity index (χ4n) is 3.47. The van der Waals surface area contributed by atoms with Crippen molar-refractivity contribution in [1.29, 1.82) is 0 Å². The van der Waals surface area contributed by atoms with E-state index >= 15 is 0 Å². The second-order valence-electron chi connectivity index (χ2n) is 7.26. The standard InChI is InChI=1S/C20H22FN5O2/c1-25-8-6-13(7-9-25)11-22-20(28)16-12-23-26-18(27)10-17(24-19(16)26)14-2-4-15(21)5-3-14/h2-5,10,12-13,27H,6-9,11H2,1H3,(H,22,28). The lowest BCUT2D eigenvalue weighted by molar-refractivity contribution is 0.0940. The van der Waals surface area contributed by atoms with Crippen LogP contribution < -0.4 is 5.32 Å². The van der Waals surface area contributed by atoms with Gasteiger partial charge in [0.25, 0.3) is 5.91 Å². The number of hydrogen-bond donors (Lipinski definition) is 2. The van der Waals surface area contributed by atoms with Gasteiger partial charge in [-0.15, -0.1) is 0 Å². The van der Waals surface area contributed by atoms with Crippen molar-refractivity contribution in [2.45, 2.75) is 12.8 Å². The zero-order chi connectivity index (χ0) is 19.7. The van der Waals surface area contributed by atoms with Crippen LogP contribution in [0.1, 0.15) is 23.2 Å². The van der Waals surface area contributed by atoms with E-state index in [0.717, 1.165) is 25.9 Å². The van der Waals surface area contributed by atoms with Gasteiger partial charge in [-0.1, -0.05) is 0 Å². The fraction of sp³-hybridized carbons (Fsp3) is 0.350. The van der Waals surface area contributed by atoms with Crippen molar-refractivity contribution >= 4 is 11.6 Å². The molecule has 1 amide bonds. The van der Waals surface area contributed by atoms with Crippen molar-refractivity contribution in [2.24, 2.45) is 5.92 Å². The monoisotopic (exact) mass is 383 g/mol. The number of halogens is 1. The third-order valence-corrected chi connectivity index (χ3v) is 5.23. The van der Waals surface area contributed by atoms with Gasteiger partial charge in [0, 0.05) is 18.2 Å². The Kier molecular flexibility index (Phi) is 4.95. The molecule has 8 heteroatoms. The van der Waals surface area contributed by atoms with Gasteiger partial charge in [-0.2, -0.15) is 9.61 Å². The minimum Gasteiger partial charge on any atom is -0.493 e. The number of piperidine rings is 1. The highest BCUT2D eigenvalue weighted by molar-refractivity contribution is 6.00. The molecule has 0 unspecified atom stereocenters. The number of nitrogens with zero attached hydrogens (tertiary/aromatic N) is 4. The maximum Gasteiger partial charge on any atom is 0.256 e. The summed E-state index contributed by atoms with van der Waals surface area (Å²) >= 11 is 0. The maximum absolute atomic E-state index is 13.2. The molecule has 1 aromatic carbocycles. The van der Waals surface area contributed by atoms with Crippen LogP contribution in [-0.2, 0) is 0 Å². The van der Waals surface area contributed by atoms with Crippen LogP contribution in [0.2, 0.25) is 0 Å². The van der Waals surface area contributed by atoms with Crippen LogP contribution in [0.3, 0.4) is 0 Å². The van der Waals surface area contributed by atoms with Gasteiger partial charge in [-0.25, -0.2) is 9.37 Å². The molecule has 3 aromatic rings. The van der Waals surface area contributed by atoms with Crippen molar-refractivity contribution in [2.75, 3.05) is 26.7 Å². The van der Waals surface area contributed by atoms with Gasteiger partial charge in [0.2, 0.25) is 5.88 Å². The van der Waals surface area contributed by atoms with Gasteiger partial charge < -0.3 is 15.3 Å². The van der Waals surface area contributed by atoms with Gasteiger partial charge in [0.05, 0.1) is 11.9 Å². The zero-order valence-electron chi connectivity index (χ0n) is 15.6. The topological polar surface area (TPSA) is 82.8 Å². The fourth-order valence-corrected chi connectivity index (χ4v) is 3.47. The summed E-state index contributed by atoms with van der Waals surface area (Å²) in [6.45, 7) is 2.68. The van der Waals surface area contributed by atoms with Crippen LogP contribution >= 0.6 is 0 Å². The molecule has 28 heavy (non-hydrogen) atoms. The molecule has 4 rings (SSSR count). The molecule has 1 aliphatic rings. The Bertz CT molecular complexity index is 994. The highest BCUT2D eigenvalue weighted by Gasteiger charge is 2.20. The Morgan fingerprint density at radius 2 is 2.00 bits per heavy atom. The van der Waals surface area contributed by atoms with Crippen molar-refractivity contribution in [3.63, 3.8) is 0 Å². The molecule has 0 atom stereocenters. The predicted octanol–water partition coefficient (Wildman–Crippen LogP) is 2.31. The molecule has 7 nitrogen and oxygen atoms in total. The molecule has 1 saturated heterocycles. The molecule has 1 fully saturated rings. The first kappa shape index (κ1) is 18.4. The van der Waals surface area contributed by atoms with E-state index in [-0.39, 0.29) is 23.3 Å². The van der Waals surface area contributed by atoms with Crippen LogP contribution in [0, 0.1) is 11.7 Å². The van der Waals surface area contributed by atoms with Crippen molar-refractivity contribution in [3.8, 4) is 17.1 Å². The van der Waals surface area contributed by atoms with Gasteiger partial charge in [0.1, 0.15) is 11.4 Å². The smallest absolute Gasteiger partial charge is 0.256 e. The number of amides is 1. The van der Waals surface area contributed by atoms with E-state index in [1.807, 2.05) is 0 Å². The second-order valence-corrected chi connectivity index (χ2v) is 7.26. The van der Waals surface area contributed by atoms with Gasteiger partial charge in [-0.3, -0.25) is 4.79 Å². The first-order chi connectivity index (χ1) is 13.5. The molecular weight excluding hydrogens is 361 g/mol. The predicted molar refractivity (Wildman–Crippen MR) is 103 cm³/mol. The first-order valence-electron chi connectivity index (χ1n) is 9.31. The van der Waals surface area contributed by atoms with E-state index in [1.165, 1.54) is 28.9 Å². The van der Waals surface area contributed by atoms with E-state index in [4.69, 9.17) is 0 Å². The van der Waals surface area contributed by atoms with Crippen molar-refractivity contribution < 1.29 is 14.3 Å². The third kappa shape index (κ3) is 3.68. The molecular formula is C20H22FN5O2. The Labute approximate surface area is 161 Å². The molecule has 2 aromatic heterocycles. The molecule has 3 heterocycles. The number of carbonyl (C=O) groups excluding carboxylic acids is 1. The summed E-state index contributed by atoms with van der Waals surface area (Å²) in [7, 11) is 2.10. The number of carbonyl (C=O) groups is 1. The quantitative estimate of drug-likeness (QED) is 0.723. The number of aromatic hydroxyl groups is 1. The normalized spacial score (nSPS) is 15.8. The highest BCUT2D eigenvalue weighted by atomic mass is 19.1. The minimum absolute atomic E-state index is 0.140. The highest BCUT2D eigenvalue weighted by Crippen LogP contribution is 2.24. The first-order valence-corrected chi connectivity index (χ1v) is 9.31. The Balaban J connectivity index is 1.57. The number of aromatic nitrogens is 3. The number of rotatable bonds is 4. The average Bonchev–Trinajstić information content (AvgIpc) is 3.12. The Hall–Kier alpha value is -3.00. The second kappa shape index (κ2) is 7.55. The van der Waals surface area contributed by atoms with Crippen molar-refractivity contribution in [3.05, 3.63) is 47.9 Å². The van der Waals surface area contributed by atoms with Crippen LogP contribution in [0.5, 0.6) is 5.88 Å². The molecule has 0 saturated carbocycles. The van der Waals surface area contributed by atoms with E-state index in [0.29, 0.717) is 29.3 Å². The summed E-state index contributed by atoms with van der Waals surface area (Å²) < 4.78 is 14.4. The summed E-state index contributed by atoms with van der Waals surface area (Å²) in [5.41, 5.74) is 1.64. The number of fused-ring (bicyclic) bond motifs is 1. The summed E-state index contributed by atoms with van der Waals surface area (Å²) in [6, 6.07) is 7.23. The molecule has 0 bridgehead atoms. The largest absolute Gasteiger partial charge is 0.493 e.